The number of carbonyl (C=O) groups is 1. The van der Waals surface area contributed by atoms with Crippen LogP contribution < -0.4 is 5.32 Å². The Bertz CT molecular complexity index is 437. The van der Waals surface area contributed by atoms with Crippen LogP contribution in [0.1, 0.15) is 36.6 Å². The van der Waals surface area contributed by atoms with Gasteiger partial charge in [0.15, 0.2) is 0 Å². The minimum atomic E-state index is -1.12. The third kappa shape index (κ3) is 1.85. The van der Waals surface area contributed by atoms with Crippen molar-refractivity contribution in [3.05, 3.63) is 23.7 Å². The molecule has 0 aliphatic carbocycles. The number of hydrogen-bond donors (Lipinski definition) is 3. The van der Waals surface area contributed by atoms with Crippen molar-refractivity contribution in [2.24, 2.45) is 5.41 Å². The van der Waals surface area contributed by atoms with Crippen LogP contribution in [0, 0.1) is 5.41 Å². The molecule has 94 valence electrons. The molecular formula is C12H17NO4. The smallest absolute Gasteiger partial charge is 0.371 e. The highest BCUT2D eigenvalue weighted by molar-refractivity contribution is 5.84. The van der Waals surface area contributed by atoms with E-state index in [2.05, 4.69) is 5.32 Å². The van der Waals surface area contributed by atoms with Gasteiger partial charge in [-0.1, -0.05) is 13.8 Å². The molecule has 5 heteroatoms. The number of piperidine rings is 1. The number of furan rings is 1. The second-order valence-electron chi connectivity index (χ2n) is 5.14. The first-order valence-electron chi connectivity index (χ1n) is 5.63. The monoisotopic (exact) mass is 239 g/mol. The summed E-state index contributed by atoms with van der Waals surface area (Å²) in [5.74, 6) is -0.921. The molecule has 0 spiro atoms. The largest absolute Gasteiger partial charge is 0.475 e. The van der Waals surface area contributed by atoms with Crippen molar-refractivity contribution >= 4 is 5.97 Å². The zero-order valence-electron chi connectivity index (χ0n) is 9.99. The van der Waals surface area contributed by atoms with Gasteiger partial charge in [-0.2, -0.15) is 0 Å². The maximum Gasteiger partial charge on any atom is 0.371 e. The van der Waals surface area contributed by atoms with Gasteiger partial charge >= 0.3 is 5.97 Å². The lowest BCUT2D eigenvalue weighted by Crippen LogP contribution is -2.53. The molecule has 0 amide bonds. The number of aliphatic hydroxyl groups is 1. The summed E-state index contributed by atoms with van der Waals surface area (Å²) in [5.41, 5.74) is -1.52. The Morgan fingerprint density at radius 2 is 2.18 bits per heavy atom. The summed E-state index contributed by atoms with van der Waals surface area (Å²) in [5, 5.41) is 22.8. The molecule has 1 aromatic rings. The van der Waals surface area contributed by atoms with Crippen LogP contribution in [0.2, 0.25) is 0 Å². The van der Waals surface area contributed by atoms with Crippen LogP contribution in [-0.4, -0.2) is 29.3 Å². The van der Waals surface area contributed by atoms with E-state index in [-0.39, 0.29) is 5.76 Å². The zero-order valence-corrected chi connectivity index (χ0v) is 9.99. The van der Waals surface area contributed by atoms with Gasteiger partial charge in [0.25, 0.3) is 0 Å². The summed E-state index contributed by atoms with van der Waals surface area (Å²) in [4.78, 5) is 10.8. The molecule has 1 fully saturated rings. The number of hydrogen-bond acceptors (Lipinski definition) is 4. The molecule has 1 atom stereocenters. The predicted molar refractivity (Wildman–Crippen MR) is 60.8 cm³/mol. The summed E-state index contributed by atoms with van der Waals surface area (Å²) < 4.78 is 5.25. The third-order valence-corrected chi connectivity index (χ3v) is 3.57. The van der Waals surface area contributed by atoms with Crippen molar-refractivity contribution in [3.8, 4) is 0 Å². The summed E-state index contributed by atoms with van der Waals surface area (Å²) in [6, 6.07) is 2.93. The van der Waals surface area contributed by atoms with E-state index in [0.717, 1.165) is 0 Å². The van der Waals surface area contributed by atoms with Gasteiger partial charge in [0.05, 0.1) is 0 Å². The molecule has 0 aromatic carbocycles. The van der Waals surface area contributed by atoms with E-state index in [1.165, 1.54) is 6.07 Å². The molecule has 1 aliphatic rings. The second kappa shape index (κ2) is 3.85. The fraction of sp³-hybridized carbons (Fsp3) is 0.583. The molecule has 1 unspecified atom stereocenters. The first kappa shape index (κ1) is 12.1. The summed E-state index contributed by atoms with van der Waals surface area (Å²) in [6.45, 7) is 5.21. The van der Waals surface area contributed by atoms with Gasteiger partial charge in [0.1, 0.15) is 11.4 Å². The lowest BCUT2D eigenvalue weighted by Gasteiger charge is -2.45. The Labute approximate surface area is 99.4 Å². The van der Waals surface area contributed by atoms with E-state index in [0.29, 0.717) is 25.3 Å². The minimum absolute atomic E-state index is 0.136. The van der Waals surface area contributed by atoms with Crippen molar-refractivity contribution < 1.29 is 19.4 Å². The van der Waals surface area contributed by atoms with Gasteiger partial charge in [-0.25, -0.2) is 4.79 Å². The first-order valence-corrected chi connectivity index (χ1v) is 5.63. The highest BCUT2D eigenvalue weighted by atomic mass is 16.4. The van der Waals surface area contributed by atoms with E-state index in [9.17, 15) is 9.90 Å². The number of nitrogens with one attached hydrogen (secondary N) is 1. The molecule has 0 radical (unpaired) electrons. The lowest BCUT2D eigenvalue weighted by atomic mass is 9.69. The van der Waals surface area contributed by atoms with E-state index in [1.807, 2.05) is 13.8 Å². The topological polar surface area (TPSA) is 82.7 Å². The number of carboxylic acids is 1. The Morgan fingerprint density at radius 1 is 1.47 bits per heavy atom. The first-order chi connectivity index (χ1) is 7.87. The van der Waals surface area contributed by atoms with Gasteiger partial charge in [0, 0.05) is 12.0 Å². The van der Waals surface area contributed by atoms with Crippen LogP contribution in [0.25, 0.3) is 0 Å². The molecule has 0 saturated carbocycles. The van der Waals surface area contributed by atoms with Crippen molar-refractivity contribution in [2.75, 3.05) is 13.1 Å². The van der Waals surface area contributed by atoms with Crippen LogP contribution in [0.5, 0.6) is 0 Å². The van der Waals surface area contributed by atoms with E-state index >= 15 is 0 Å². The summed E-state index contributed by atoms with van der Waals surface area (Å²) >= 11 is 0. The van der Waals surface area contributed by atoms with E-state index < -0.39 is 17.0 Å². The van der Waals surface area contributed by atoms with Crippen LogP contribution in [0.4, 0.5) is 0 Å². The van der Waals surface area contributed by atoms with Gasteiger partial charge in [-0.05, 0) is 25.1 Å². The Hall–Kier alpha value is -1.33. The number of carboxylic acid groups (broad SMARTS) is 1. The Morgan fingerprint density at radius 3 is 2.71 bits per heavy atom. The highest BCUT2D eigenvalue weighted by Crippen LogP contribution is 2.44. The highest BCUT2D eigenvalue weighted by Gasteiger charge is 2.49. The number of rotatable bonds is 2. The normalized spacial score (nSPS) is 27.9. The molecule has 1 aliphatic heterocycles. The van der Waals surface area contributed by atoms with Crippen molar-refractivity contribution in [1.82, 2.24) is 5.32 Å². The number of aromatic carboxylic acids is 1. The Balaban J connectivity index is 2.38. The fourth-order valence-corrected chi connectivity index (χ4v) is 2.29. The van der Waals surface area contributed by atoms with Gasteiger partial charge < -0.3 is 19.9 Å². The van der Waals surface area contributed by atoms with Crippen molar-refractivity contribution in [3.63, 3.8) is 0 Å². The van der Waals surface area contributed by atoms with Crippen LogP contribution in [0.3, 0.4) is 0 Å². The molecule has 3 N–H and O–H groups in total. The third-order valence-electron chi connectivity index (χ3n) is 3.57. The maximum absolute atomic E-state index is 10.8. The average molecular weight is 239 g/mol. The predicted octanol–water partition coefficient (Wildman–Crippen LogP) is 1.18. The quantitative estimate of drug-likeness (QED) is 0.722. The van der Waals surface area contributed by atoms with Crippen LogP contribution in [-0.2, 0) is 5.60 Å². The Kier molecular flexibility index (Phi) is 2.75. The maximum atomic E-state index is 10.8. The molecule has 1 saturated heterocycles. The van der Waals surface area contributed by atoms with Crippen LogP contribution >= 0.6 is 0 Å². The average Bonchev–Trinajstić information content (AvgIpc) is 2.72. The molecule has 2 rings (SSSR count). The van der Waals surface area contributed by atoms with Gasteiger partial charge in [0.2, 0.25) is 5.76 Å². The molecule has 0 bridgehead atoms. The summed E-state index contributed by atoms with van der Waals surface area (Å²) in [6.07, 6.45) is 0.507. The van der Waals surface area contributed by atoms with E-state index in [4.69, 9.17) is 9.52 Å². The van der Waals surface area contributed by atoms with Crippen molar-refractivity contribution in [1.29, 1.82) is 0 Å². The van der Waals surface area contributed by atoms with Gasteiger partial charge in [-0.3, -0.25) is 0 Å². The molecule has 5 nitrogen and oxygen atoms in total. The summed E-state index contributed by atoms with van der Waals surface area (Å²) in [7, 11) is 0. The molecule has 1 aromatic heterocycles. The zero-order chi connectivity index (χ0) is 12.7. The SMILES string of the molecule is CC1(C)CNCCC1(O)c1ccc(C(=O)O)o1. The molecule has 2 heterocycles. The fourth-order valence-electron chi connectivity index (χ4n) is 2.29. The lowest BCUT2D eigenvalue weighted by molar-refractivity contribution is -0.109. The molecule has 17 heavy (non-hydrogen) atoms. The standard InChI is InChI=1S/C12H17NO4/c1-11(2)7-13-6-5-12(11,16)9-4-3-8(17-9)10(14)15/h3-4,13,16H,5-7H2,1-2H3,(H,14,15). The van der Waals surface area contributed by atoms with Gasteiger partial charge in [-0.15, -0.1) is 0 Å². The van der Waals surface area contributed by atoms with Crippen molar-refractivity contribution in [2.45, 2.75) is 25.9 Å². The minimum Gasteiger partial charge on any atom is -0.475 e. The second-order valence-corrected chi connectivity index (χ2v) is 5.14. The van der Waals surface area contributed by atoms with E-state index in [1.54, 1.807) is 6.07 Å². The van der Waals surface area contributed by atoms with Crippen LogP contribution in [0.15, 0.2) is 16.5 Å². The molecular weight excluding hydrogens is 222 g/mol.